The quantitative estimate of drug-likeness (QED) is 0.883. The SMILES string of the molecule is O=C(O)c1nn(C[C@@H]2CC2(Cl)Cl)c(=O)c2ccccc12. The molecule has 0 bridgehead atoms. The highest BCUT2D eigenvalue weighted by Gasteiger charge is 2.51. The number of fused-ring (bicyclic) bond motifs is 1. The molecule has 20 heavy (non-hydrogen) atoms. The van der Waals surface area contributed by atoms with Crippen LogP contribution in [0.15, 0.2) is 29.1 Å². The van der Waals surface area contributed by atoms with Crippen LogP contribution < -0.4 is 5.56 Å². The summed E-state index contributed by atoms with van der Waals surface area (Å²) in [7, 11) is 0. The molecular formula is C13H10Cl2N2O3. The van der Waals surface area contributed by atoms with Gasteiger partial charge in [-0.15, -0.1) is 23.2 Å². The van der Waals surface area contributed by atoms with Crippen molar-refractivity contribution in [2.24, 2.45) is 5.92 Å². The van der Waals surface area contributed by atoms with Gasteiger partial charge < -0.3 is 5.11 Å². The maximum absolute atomic E-state index is 12.3. The Labute approximate surface area is 123 Å². The van der Waals surface area contributed by atoms with Gasteiger partial charge in [0.05, 0.1) is 11.9 Å². The Hall–Kier alpha value is -1.59. The van der Waals surface area contributed by atoms with Crippen LogP contribution in [0.5, 0.6) is 0 Å². The second-order valence-corrected chi connectivity index (χ2v) is 6.39. The van der Waals surface area contributed by atoms with Crippen molar-refractivity contribution < 1.29 is 9.90 Å². The average molecular weight is 313 g/mol. The summed E-state index contributed by atoms with van der Waals surface area (Å²) in [5, 5.41) is 13.8. The van der Waals surface area contributed by atoms with Gasteiger partial charge in [-0.2, -0.15) is 5.10 Å². The Bertz CT molecular complexity index is 770. The van der Waals surface area contributed by atoms with Crippen LogP contribution in [0.2, 0.25) is 0 Å². The molecule has 1 aromatic carbocycles. The lowest BCUT2D eigenvalue weighted by atomic mass is 10.1. The summed E-state index contributed by atoms with van der Waals surface area (Å²) < 4.78 is 0.305. The number of nitrogens with zero attached hydrogens (tertiary/aromatic N) is 2. The fourth-order valence-electron chi connectivity index (χ4n) is 2.19. The van der Waals surface area contributed by atoms with E-state index in [-0.39, 0.29) is 23.7 Å². The van der Waals surface area contributed by atoms with E-state index in [2.05, 4.69) is 5.10 Å². The first kappa shape index (κ1) is 13.4. The van der Waals surface area contributed by atoms with Gasteiger partial charge in [-0.3, -0.25) is 4.79 Å². The van der Waals surface area contributed by atoms with Crippen molar-refractivity contribution in [3.63, 3.8) is 0 Å². The standard InChI is InChI=1S/C13H10Cl2N2O3/c14-13(15)5-7(13)6-17-11(18)9-4-2-1-3-8(9)10(16-17)12(19)20/h1-4,7H,5-6H2,(H,19,20)/t7-/m0/s1. The first-order valence-electron chi connectivity index (χ1n) is 6.01. The van der Waals surface area contributed by atoms with Crippen LogP contribution in [0, 0.1) is 5.92 Å². The molecule has 0 unspecified atom stereocenters. The normalized spacial score (nSPS) is 20.0. The molecule has 1 aliphatic carbocycles. The number of benzene rings is 1. The maximum atomic E-state index is 12.3. The Kier molecular flexibility index (Phi) is 2.99. The van der Waals surface area contributed by atoms with Crippen LogP contribution in [0.25, 0.3) is 10.8 Å². The van der Waals surface area contributed by atoms with Crippen LogP contribution in [0.1, 0.15) is 16.9 Å². The smallest absolute Gasteiger partial charge is 0.357 e. The number of halogens is 2. The zero-order valence-corrected chi connectivity index (χ0v) is 11.7. The lowest BCUT2D eigenvalue weighted by Gasteiger charge is -2.08. The second-order valence-electron chi connectivity index (χ2n) is 4.85. The zero-order valence-electron chi connectivity index (χ0n) is 10.2. The van der Waals surface area contributed by atoms with Gasteiger partial charge in [-0.1, -0.05) is 18.2 Å². The summed E-state index contributed by atoms with van der Waals surface area (Å²) in [6.07, 6.45) is 0.569. The number of hydrogen-bond acceptors (Lipinski definition) is 3. The summed E-state index contributed by atoms with van der Waals surface area (Å²) in [5.74, 6) is -1.26. The van der Waals surface area contributed by atoms with Crippen LogP contribution in [-0.4, -0.2) is 25.2 Å². The number of carboxylic acid groups (broad SMARTS) is 1. The molecule has 0 spiro atoms. The molecule has 0 radical (unpaired) electrons. The van der Waals surface area contributed by atoms with Gasteiger partial charge in [0, 0.05) is 11.3 Å². The molecule has 2 aromatic rings. The largest absolute Gasteiger partial charge is 0.476 e. The van der Waals surface area contributed by atoms with Gasteiger partial charge in [0.1, 0.15) is 4.33 Å². The molecule has 1 aliphatic rings. The first-order valence-corrected chi connectivity index (χ1v) is 6.77. The number of aromatic carboxylic acids is 1. The monoisotopic (exact) mass is 312 g/mol. The van der Waals surface area contributed by atoms with Crippen molar-refractivity contribution in [3.8, 4) is 0 Å². The van der Waals surface area contributed by atoms with Crippen molar-refractivity contribution >= 4 is 39.9 Å². The van der Waals surface area contributed by atoms with Gasteiger partial charge in [0.2, 0.25) is 0 Å². The van der Waals surface area contributed by atoms with E-state index in [9.17, 15) is 14.7 Å². The first-order chi connectivity index (χ1) is 9.40. The van der Waals surface area contributed by atoms with E-state index in [0.717, 1.165) is 4.68 Å². The fraction of sp³-hybridized carbons (Fsp3) is 0.308. The van der Waals surface area contributed by atoms with Crippen LogP contribution in [0.4, 0.5) is 0 Å². The summed E-state index contributed by atoms with van der Waals surface area (Å²) in [5.41, 5.74) is -0.475. The summed E-state index contributed by atoms with van der Waals surface area (Å²) in [4.78, 5) is 23.6. The molecule has 1 aromatic heterocycles. The number of carbonyl (C=O) groups is 1. The van der Waals surface area contributed by atoms with E-state index >= 15 is 0 Å². The van der Waals surface area contributed by atoms with Gasteiger partial charge in [-0.05, 0) is 12.5 Å². The molecule has 104 valence electrons. The zero-order chi connectivity index (χ0) is 14.5. The van der Waals surface area contributed by atoms with Crippen molar-refractivity contribution in [1.29, 1.82) is 0 Å². The highest BCUT2D eigenvalue weighted by atomic mass is 35.5. The van der Waals surface area contributed by atoms with E-state index in [0.29, 0.717) is 17.2 Å². The number of rotatable bonds is 3. The third kappa shape index (κ3) is 2.17. The topological polar surface area (TPSA) is 72.2 Å². The van der Waals surface area contributed by atoms with Crippen LogP contribution >= 0.6 is 23.2 Å². The third-order valence-electron chi connectivity index (χ3n) is 3.42. The fourth-order valence-corrected chi connectivity index (χ4v) is 2.70. The molecule has 1 heterocycles. The summed E-state index contributed by atoms with van der Waals surface area (Å²) in [6.45, 7) is 0.219. The van der Waals surface area contributed by atoms with Crippen molar-refractivity contribution in [3.05, 3.63) is 40.3 Å². The van der Waals surface area contributed by atoms with Gasteiger partial charge in [-0.25, -0.2) is 9.48 Å². The molecule has 5 nitrogen and oxygen atoms in total. The van der Waals surface area contributed by atoms with Crippen molar-refractivity contribution in [2.45, 2.75) is 17.3 Å². The van der Waals surface area contributed by atoms with Crippen LogP contribution in [0.3, 0.4) is 0 Å². The summed E-state index contributed by atoms with van der Waals surface area (Å²) in [6, 6.07) is 6.51. The number of aromatic nitrogens is 2. The Morgan fingerprint density at radius 1 is 1.40 bits per heavy atom. The molecule has 1 saturated carbocycles. The molecule has 1 N–H and O–H groups in total. The molecule has 3 rings (SSSR count). The molecule has 0 aliphatic heterocycles. The molecule has 0 saturated heterocycles. The van der Waals surface area contributed by atoms with E-state index in [1.54, 1.807) is 24.3 Å². The molecule has 7 heteroatoms. The minimum absolute atomic E-state index is 0.0844. The Balaban J connectivity index is 2.16. The van der Waals surface area contributed by atoms with Gasteiger partial charge in [0.15, 0.2) is 5.69 Å². The average Bonchev–Trinajstić information content (AvgIpc) is 3.00. The lowest BCUT2D eigenvalue weighted by molar-refractivity contribution is 0.0690. The molecule has 0 amide bonds. The van der Waals surface area contributed by atoms with Crippen molar-refractivity contribution in [2.75, 3.05) is 0 Å². The lowest BCUT2D eigenvalue weighted by Crippen LogP contribution is -2.27. The van der Waals surface area contributed by atoms with E-state index in [1.165, 1.54) is 0 Å². The Morgan fingerprint density at radius 3 is 2.55 bits per heavy atom. The predicted octanol–water partition coefficient (Wildman–Crippen LogP) is 2.29. The van der Waals surface area contributed by atoms with Crippen LogP contribution in [-0.2, 0) is 6.54 Å². The minimum Gasteiger partial charge on any atom is -0.476 e. The third-order valence-corrected chi connectivity index (χ3v) is 4.35. The number of alkyl halides is 2. The number of carboxylic acids is 1. The number of hydrogen-bond donors (Lipinski definition) is 1. The van der Waals surface area contributed by atoms with Crippen molar-refractivity contribution in [1.82, 2.24) is 9.78 Å². The highest BCUT2D eigenvalue weighted by Crippen LogP contribution is 2.53. The molecular weight excluding hydrogens is 303 g/mol. The Morgan fingerprint density at radius 2 is 2.00 bits per heavy atom. The maximum Gasteiger partial charge on any atom is 0.357 e. The van der Waals surface area contributed by atoms with Gasteiger partial charge >= 0.3 is 5.97 Å². The second kappa shape index (κ2) is 4.46. The van der Waals surface area contributed by atoms with E-state index in [1.807, 2.05) is 0 Å². The van der Waals surface area contributed by atoms with E-state index in [4.69, 9.17) is 23.2 Å². The molecule has 1 fully saturated rings. The van der Waals surface area contributed by atoms with Gasteiger partial charge in [0.25, 0.3) is 5.56 Å². The van der Waals surface area contributed by atoms with E-state index < -0.39 is 10.3 Å². The summed E-state index contributed by atoms with van der Waals surface area (Å²) >= 11 is 11.9. The molecule has 1 atom stereocenters. The minimum atomic E-state index is -1.17. The predicted molar refractivity (Wildman–Crippen MR) is 75.5 cm³/mol. The highest BCUT2D eigenvalue weighted by molar-refractivity contribution is 6.50.